The molecule has 1 aliphatic rings. The molecule has 1 saturated heterocycles. The van der Waals surface area contributed by atoms with Gasteiger partial charge < -0.3 is 25.2 Å². The Kier molecular flexibility index (Phi) is 9.17. The van der Waals surface area contributed by atoms with Crippen molar-refractivity contribution in [3.05, 3.63) is 63.6 Å². The molecule has 0 aliphatic carbocycles. The minimum absolute atomic E-state index is 0.0871. The molecule has 2 aromatic rings. The van der Waals surface area contributed by atoms with Crippen LogP contribution in [0.25, 0.3) is 0 Å². The molecule has 1 heterocycles. The minimum Gasteiger partial charge on any atom is -0.489 e. The largest absolute Gasteiger partial charge is 0.489 e. The fraction of sp³-hybridized carbons (Fsp3) is 0.360. The Morgan fingerprint density at radius 3 is 2.36 bits per heavy atom. The van der Waals surface area contributed by atoms with E-state index >= 15 is 0 Å². The molecule has 11 heteroatoms. The van der Waals surface area contributed by atoms with Gasteiger partial charge in [0.15, 0.2) is 0 Å². The van der Waals surface area contributed by atoms with Crippen molar-refractivity contribution >= 4 is 47.0 Å². The molecule has 192 valence electrons. The van der Waals surface area contributed by atoms with Crippen LogP contribution in [0.2, 0.25) is 10.0 Å². The second-order valence-electron chi connectivity index (χ2n) is 8.42. The molecule has 2 unspecified atom stereocenters. The Balaban J connectivity index is 1.58. The summed E-state index contributed by atoms with van der Waals surface area (Å²) in [6, 6.07) is 11.2. The number of halogens is 2. The summed E-state index contributed by atoms with van der Waals surface area (Å²) in [4.78, 5) is 48.0. The zero-order chi connectivity index (χ0) is 26.3. The Morgan fingerprint density at radius 1 is 1.14 bits per heavy atom. The number of carboxylic acids is 1. The third-order valence-electron chi connectivity index (χ3n) is 5.97. The van der Waals surface area contributed by atoms with E-state index in [1.165, 1.54) is 7.11 Å². The van der Waals surface area contributed by atoms with Crippen LogP contribution in [0.4, 0.5) is 0 Å². The lowest BCUT2D eigenvalue weighted by molar-refractivity contribution is -0.147. The highest BCUT2D eigenvalue weighted by molar-refractivity contribution is 6.35. The number of rotatable bonds is 11. The van der Waals surface area contributed by atoms with Crippen molar-refractivity contribution < 1.29 is 33.8 Å². The third kappa shape index (κ3) is 6.89. The molecule has 0 spiro atoms. The number of hydrogen-bond donors (Lipinski definition) is 3. The summed E-state index contributed by atoms with van der Waals surface area (Å²) in [6.45, 7) is 0.178. The van der Waals surface area contributed by atoms with Crippen LogP contribution in [0, 0.1) is 0 Å². The molecule has 3 rings (SSSR count). The summed E-state index contributed by atoms with van der Waals surface area (Å²) < 4.78 is 10.6. The van der Waals surface area contributed by atoms with Crippen molar-refractivity contribution in [3.8, 4) is 5.75 Å². The molecule has 0 bridgehead atoms. The minimum atomic E-state index is -1.47. The molecule has 0 saturated carbocycles. The van der Waals surface area contributed by atoms with Crippen molar-refractivity contribution in [2.45, 2.75) is 50.3 Å². The number of carbonyl (C=O) groups is 4. The smallest absolute Gasteiger partial charge is 0.329 e. The highest BCUT2D eigenvalue weighted by Crippen LogP contribution is 2.27. The molecule has 2 aromatic carbocycles. The van der Waals surface area contributed by atoms with Crippen molar-refractivity contribution in [1.29, 1.82) is 0 Å². The van der Waals surface area contributed by atoms with Crippen LogP contribution in [0.1, 0.15) is 36.8 Å². The number of esters is 1. The topological polar surface area (TPSA) is 131 Å². The second kappa shape index (κ2) is 12.1. The van der Waals surface area contributed by atoms with Crippen LogP contribution in [-0.4, -0.2) is 47.6 Å². The average molecular weight is 537 g/mol. The van der Waals surface area contributed by atoms with Gasteiger partial charge in [0.1, 0.15) is 23.9 Å². The number of nitrogens with one attached hydrogen (secondary N) is 2. The first-order valence-corrected chi connectivity index (χ1v) is 12.0. The predicted octanol–water partition coefficient (Wildman–Crippen LogP) is 3.29. The van der Waals surface area contributed by atoms with Crippen molar-refractivity contribution in [2.24, 2.45) is 0 Å². The lowest BCUT2D eigenvalue weighted by atomic mass is 9.91. The van der Waals surface area contributed by atoms with Gasteiger partial charge in [-0.1, -0.05) is 41.4 Å². The molecule has 36 heavy (non-hydrogen) atoms. The average Bonchev–Trinajstić information content (AvgIpc) is 3.24. The van der Waals surface area contributed by atoms with Crippen LogP contribution >= 0.6 is 23.2 Å². The maximum absolute atomic E-state index is 12.5. The van der Waals surface area contributed by atoms with Crippen molar-refractivity contribution in [1.82, 2.24) is 10.6 Å². The van der Waals surface area contributed by atoms with Crippen molar-refractivity contribution in [3.63, 3.8) is 0 Å². The summed E-state index contributed by atoms with van der Waals surface area (Å²) in [6.07, 6.45) is 0.0679. The van der Waals surface area contributed by atoms with Crippen LogP contribution < -0.4 is 15.4 Å². The molecule has 9 nitrogen and oxygen atoms in total. The second-order valence-corrected chi connectivity index (χ2v) is 9.23. The zero-order valence-electron chi connectivity index (χ0n) is 19.5. The van der Waals surface area contributed by atoms with Gasteiger partial charge in [-0.25, -0.2) is 9.59 Å². The standard InChI is InChI=1S/C25H26Cl2N2O7/c1-35-23(32)20(28-21(30)9-11-25(24(33)34)12-10-22(31)29-25)13-15-5-7-16(8-6-15)36-14-17-18(26)3-2-4-19(17)27/h2-8,20H,9-14H2,1H3,(H,28,30)(H,29,31)(H,33,34). The molecule has 0 radical (unpaired) electrons. The van der Waals surface area contributed by atoms with Crippen LogP contribution in [0.15, 0.2) is 42.5 Å². The van der Waals surface area contributed by atoms with Crippen LogP contribution in [0.3, 0.4) is 0 Å². The number of carboxylic acid groups (broad SMARTS) is 1. The SMILES string of the molecule is COC(=O)C(Cc1ccc(OCc2c(Cl)cccc2Cl)cc1)NC(=O)CCC1(C(=O)O)CCC(=O)N1. The molecule has 2 atom stereocenters. The molecule has 2 amide bonds. The Morgan fingerprint density at radius 2 is 1.81 bits per heavy atom. The van der Waals surface area contributed by atoms with E-state index in [0.29, 0.717) is 21.4 Å². The van der Waals surface area contributed by atoms with E-state index in [2.05, 4.69) is 10.6 Å². The van der Waals surface area contributed by atoms with E-state index in [1.807, 2.05) is 0 Å². The fourth-order valence-corrected chi connectivity index (χ4v) is 4.39. The Labute approximate surface area is 218 Å². The number of aliphatic carboxylic acids is 1. The summed E-state index contributed by atoms with van der Waals surface area (Å²) in [7, 11) is 1.21. The van der Waals surface area contributed by atoms with Gasteiger partial charge in [0, 0.05) is 34.9 Å². The summed E-state index contributed by atoms with van der Waals surface area (Å²) >= 11 is 12.3. The van der Waals surface area contributed by atoms with E-state index in [0.717, 1.165) is 5.56 Å². The highest BCUT2D eigenvalue weighted by Gasteiger charge is 2.44. The number of ether oxygens (including phenoxy) is 2. The first-order valence-electron chi connectivity index (χ1n) is 11.2. The van der Waals surface area contributed by atoms with Crippen LogP contribution in [0.5, 0.6) is 5.75 Å². The van der Waals surface area contributed by atoms with E-state index in [9.17, 15) is 24.3 Å². The normalized spacial score (nSPS) is 17.7. The van der Waals surface area contributed by atoms with Gasteiger partial charge in [0.05, 0.1) is 7.11 Å². The van der Waals surface area contributed by atoms with E-state index in [-0.39, 0.29) is 44.6 Å². The predicted molar refractivity (Wildman–Crippen MR) is 132 cm³/mol. The molecular formula is C25H26Cl2N2O7. The number of hydrogen-bond acceptors (Lipinski definition) is 6. The van der Waals surface area contributed by atoms with Gasteiger partial charge in [-0.15, -0.1) is 0 Å². The van der Waals surface area contributed by atoms with E-state index < -0.39 is 29.4 Å². The van der Waals surface area contributed by atoms with Gasteiger partial charge >= 0.3 is 11.9 Å². The van der Waals surface area contributed by atoms with Crippen LogP contribution in [-0.2, 0) is 36.9 Å². The Bertz CT molecular complexity index is 1120. The summed E-state index contributed by atoms with van der Waals surface area (Å²) in [5, 5.41) is 15.6. The highest BCUT2D eigenvalue weighted by atomic mass is 35.5. The molecule has 0 aromatic heterocycles. The van der Waals surface area contributed by atoms with E-state index in [1.54, 1.807) is 42.5 Å². The molecule has 1 aliphatic heterocycles. The quantitative estimate of drug-likeness (QED) is 0.375. The Hall–Kier alpha value is -3.30. The number of amides is 2. The summed E-state index contributed by atoms with van der Waals surface area (Å²) in [5.41, 5.74) is -0.0710. The maximum Gasteiger partial charge on any atom is 0.329 e. The van der Waals surface area contributed by atoms with E-state index in [4.69, 9.17) is 32.7 Å². The lowest BCUT2D eigenvalue weighted by Gasteiger charge is -2.24. The van der Waals surface area contributed by atoms with Gasteiger partial charge in [-0.2, -0.15) is 0 Å². The number of carbonyl (C=O) groups excluding carboxylic acids is 3. The zero-order valence-corrected chi connectivity index (χ0v) is 21.0. The molecule has 1 fully saturated rings. The van der Waals surface area contributed by atoms with Crippen molar-refractivity contribution in [2.75, 3.05) is 7.11 Å². The van der Waals surface area contributed by atoms with Gasteiger partial charge in [0.2, 0.25) is 11.8 Å². The molecular weight excluding hydrogens is 511 g/mol. The maximum atomic E-state index is 12.5. The lowest BCUT2D eigenvalue weighted by Crippen LogP contribution is -2.50. The summed E-state index contributed by atoms with van der Waals surface area (Å²) in [5.74, 6) is -2.16. The fourth-order valence-electron chi connectivity index (χ4n) is 3.89. The number of benzene rings is 2. The van der Waals surface area contributed by atoms with Gasteiger partial charge in [0.25, 0.3) is 0 Å². The first-order chi connectivity index (χ1) is 17.1. The molecule has 3 N–H and O–H groups in total. The number of methoxy groups -OCH3 is 1. The van der Waals surface area contributed by atoms with Gasteiger partial charge in [-0.3, -0.25) is 9.59 Å². The van der Waals surface area contributed by atoms with Gasteiger partial charge in [-0.05, 0) is 42.7 Å². The first kappa shape index (κ1) is 27.3. The monoisotopic (exact) mass is 536 g/mol. The third-order valence-corrected chi connectivity index (χ3v) is 6.68.